The van der Waals surface area contributed by atoms with E-state index in [1.54, 1.807) is 24.3 Å². The SMILES string of the molecule is N#Cc1ccc(-c2ccc(F)cc2)nc1SCC(=O)O. The molecule has 0 saturated carbocycles. The standard InChI is InChI=1S/C14H9FN2O2S/c15-11-4-1-9(2-5-11)12-6-3-10(7-16)14(17-12)20-8-13(18)19/h1-6H,8H2,(H,18,19). The Morgan fingerprint density at radius 3 is 2.60 bits per heavy atom. The van der Waals surface area contributed by atoms with Gasteiger partial charge >= 0.3 is 5.97 Å². The van der Waals surface area contributed by atoms with Crippen molar-refractivity contribution in [1.82, 2.24) is 4.98 Å². The van der Waals surface area contributed by atoms with Crippen LogP contribution in [0.25, 0.3) is 11.3 Å². The molecule has 0 radical (unpaired) electrons. The number of hydrogen-bond donors (Lipinski definition) is 1. The van der Waals surface area contributed by atoms with Crippen molar-refractivity contribution >= 4 is 17.7 Å². The second-order valence-electron chi connectivity index (χ2n) is 3.85. The number of nitriles is 1. The summed E-state index contributed by atoms with van der Waals surface area (Å²) in [5.41, 5.74) is 1.59. The lowest BCUT2D eigenvalue weighted by atomic mass is 10.1. The first kappa shape index (κ1) is 14.0. The molecule has 1 aromatic heterocycles. The summed E-state index contributed by atoms with van der Waals surface area (Å²) in [6.07, 6.45) is 0. The van der Waals surface area contributed by atoms with Crippen molar-refractivity contribution in [2.45, 2.75) is 5.03 Å². The van der Waals surface area contributed by atoms with E-state index in [0.717, 1.165) is 11.8 Å². The minimum atomic E-state index is -0.979. The zero-order valence-electron chi connectivity index (χ0n) is 10.2. The molecule has 0 fully saturated rings. The fraction of sp³-hybridized carbons (Fsp3) is 0.0714. The molecular formula is C14H9FN2O2S. The summed E-state index contributed by atoms with van der Waals surface area (Å²) >= 11 is 0.984. The molecule has 0 aliphatic rings. The Morgan fingerprint density at radius 1 is 1.30 bits per heavy atom. The predicted molar refractivity (Wildman–Crippen MR) is 72.7 cm³/mol. The van der Waals surface area contributed by atoms with E-state index in [2.05, 4.69) is 4.98 Å². The lowest BCUT2D eigenvalue weighted by Gasteiger charge is -2.05. The van der Waals surface area contributed by atoms with Gasteiger partial charge in [-0.1, -0.05) is 11.8 Å². The van der Waals surface area contributed by atoms with E-state index < -0.39 is 5.97 Å². The van der Waals surface area contributed by atoms with Crippen LogP contribution in [0.5, 0.6) is 0 Å². The molecule has 2 aromatic rings. The smallest absolute Gasteiger partial charge is 0.313 e. The Labute approximate surface area is 118 Å². The first-order chi connectivity index (χ1) is 9.60. The molecule has 0 atom stereocenters. The Morgan fingerprint density at radius 2 is 2.00 bits per heavy atom. The highest BCUT2D eigenvalue weighted by Crippen LogP contribution is 2.25. The van der Waals surface area contributed by atoms with E-state index in [4.69, 9.17) is 10.4 Å². The average molecular weight is 288 g/mol. The first-order valence-corrected chi connectivity index (χ1v) is 6.60. The Kier molecular flexibility index (Phi) is 4.33. The van der Waals surface area contributed by atoms with E-state index in [9.17, 15) is 9.18 Å². The number of halogens is 1. The van der Waals surface area contributed by atoms with Gasteiger partial charge in [0, 0.05) is 5.56 Å². The van der Waals surface area contributed by atoms with Crippen molar-refractivity contribution in [2.75, 3.05) is 5.75 Å². The van der Waals surface area contributed by atoms with Crippen LogP contribution in [-0.4, -0.2) is 21.8 Å². The number of benzene rings is 1. The van der Waals surface area contributed by atoms with Gasteiger partial charge in [-0.15, -0.1) is 0 Å². The third kappa shape index (κ3) is 3.33. The highest BCUT2D eigenvalue weighted by Gasteiger charge is 2.10. The van der Waals surface area contributed by atoms with Crippen molar-refractivity contribution in [2.24, 2.45) is 0 Å². The van der Waals surface area contributed by atoms with Crippen LogP contribution in [0.2, 0.25) is 0 Å². The number of rotatable bonds is 4. The number of carbonyl (C=O) groups is 1. The van der Waals surface area contributed by atoms with Gasteiger partial charge in [-0.3, -0.25) is 4.79 Å². The van der Waals surface area contributed by atoms with Gasteiger partial charge in [0.15, 0.2) is 0 Å². The summed E-state index contributed by atoms with van der Waals surface area (Å²) in [6.45, 7) is 0. The largest absolute Gasteiger partial charge is 0.481 e. The molecule has 1 N–H and O–H groups in total. The van der Waals surface area contributed by atoms with Gasteiger partial charge in [-0.05, 0) is 36.4 Å². The van der Waals surface area contributed by atoms with Crippen LogP contribution in [-0.2, 0) is 4.79 Å². The minimum Gasteiger partial charge on any atom is -0.481 e. The van der Waals surface area contributed by atoms with Gasteiger partial charge in [0.25, 0.3) is 0 Å². The van der Waals surface area contributed by atoms with E-state index in [1.807, 2.05) is 6.07 Å². The molecule has 20 heavy (non-hydrogen) atoms. The maximum absolute atomic E-state index is 12.9. The number of aliphatic carboxylic acids is 1. The van der Waals surface area contributed by atoms with Crippen LogP contribution >= 0.6 is 11.8 Å². The lowest BCUT2D eigenvalue weighted by molar-refractivity contribution is -0.133. The molecule has 6 heteroatoms. The lowest BCUT2D eigenvalue weighted by Crippen LogP contribution is -1.99. The van der Waals surface area contributed by atoms with E-state index in [0.29, 0.717) is 21.8 Å². The predicted octanol–water partition coefficient (Wildman–Crippen LogP) is 2.94. The van der Waals surface area contributed by atoms with Gasteiger partial charge in [0.05, 0.1) is 17.0 Å². The molecular weight excluding hydrogens is 279 g/mol. The summed E-state index contributed by atoms with van der Waals surface area (Å²) in [7, 11) is 0. The third-order valence-corrected chi connectivity index (χ3v) is 3.43. The van der Waals surface area contributed by atoms with Crippen molar-refractivity contribution in [1.29, 1.82) is 5.26 Å². The second kappa shape index (κ2) is 6.17. The Bertz CT molecular complexity index is 681. The fourth-order valence-electron chi connectivity index (χ4n) is 1.55. The Hall–Kier alpha value is -2.39. The summed E-state index contributed by atoms with van der Waals surface area (Å²) in [5.74, 6) is -1.50. The number of aromatic nitrogens is 1. The molecule has 0 amide bonds. The van der Waals surface area contributed by atoms with Gasteiger partial charge in [0.2, 0.25) is 0 Å². The van der Waals surface area contributed by atoms with Crippen LogP contribution in [0, 0.1) is 17.1 Å². The van der Waals surface area contributed by atoms with E-state index in [-0.39, 0.29) is 11.6 Å². The van der Waals surface area contributed by atoms with Gasteiger partial charge in [-0.2, -0.15) is 5.26 Å². The first-order valence-electron chi connectivity index (χ1n) is 5.62. The minimum absolute atomic E-state index is 0.172. The van der Waals surface area contributed by atoms with Crippen molar-refractivity contribution in [3.63, 3.8) is 0 Å². The zero-order valence-corrected chi connectivity index (χ0v) is 11.0. The maximum atomic E-state index is 12.9. The van der Waals surface area contributed by atoms with Gasteiger partial charge < -0.3 is 5.11 Å². The van der Waals surface area contributed by atoms with Crippen LogP contribution in [0.4, 0.5) is 4.39 Å². The quantitative estimate of drug-likeness (QED) is 0.875. The molecule has 2 rings (SSSR count). The summed E-state index contributed by atoms with van der Waals surface area (Å²) < 4.78 is 12.9. The molecule has 0 bridgehead atoms. The number of carboxylic acid groups (broad SMARTS) is 1. The molecule has 4 nitrogen and oxygen atoms in total. The average Bonchev–Trinajstić information content (AvgIpc) is 2.45. The fourth-order valence-corrected chi connectivity index (χ4v) is 2.24. The summed E-state index contributed by atoms with van der Waals surface area (Å²) in [4.78, 5) is 14.9. The normalized spacial score (nSPS) is 10.0. The molecule has 0 aliphatic carbocycles. The highest BCUT2D eigenvalue weighted by molar-refractivity contribution is 7.99. The number of nitrogens with zero attached hydrogens (tertiary/aromatic N) is 2. The van der Waals surface area contributed by atoms with Gasteiger partial charge in [-0.25, -0.2) is 9.37 Å². The third-order valence-electron chi connectivity index (χ3n) is 2.45. The highest BCUT2D eigenvalue weighted by atomic mass is 32.2. The van der Waals surface area contributed by atoms with Crippen LogP contribution < -0.4 is 0 Å². The number of thioether (sulfide) groups is 1. The molecule has 0 aliphatic heterocycles. The topological polar surface area (TPSA) is 74.0 Å². The number of carboxylic acids is 1. The van der Waals surface area contributed by atoms with Crippen LogP contribution in [0.3, 0.4) is 0 Å². The molecule has 0 saturated heterocycles. The van der Waals surface area contributed by atoms with Crippen molar-refractivity contribution in [3.05, 3.63) is 47.8 Å². The molecule has 100 valence electrons. The molecule has 1 heterocycles. The summed E-state index contributed by atoms with van der Waals surface area (Å²) in [5, 5.41) is 18.0. The number of hydrogen-bond acceptors (Lipinski definition) is 4. The van der Waals surface area contributed by atoms with Gasteiger partial charge in [0.1, 0.15) is 16.9 Å². The maximum Gasteiger partial charge on any atom is 0.313 e. The van der Waals surface area contributed by atoms with E-state index >= 15 is 0 Å². The summed E-state index contributed by atoms with van der Waals surface area (Å²) in [6, 6.07) is 11.0. The van der Waals surface area contributed by atoms with Crippen LogP contribution in [0.1, 0.15) is 5.56 Å². The monoisotopic (exact) mass is 288 g/mol. The number of pyridine rings is 1. The molecule has 1 aromatic carbocycles. The molecule has 0 spiro atoms. The second-order valence-corrected chi connectivity index (χ2v) is 4.81. The molecule has 0 unspecified atom stereocenters. The van der Waals surface area contributed by atoms with Crippen molar-refractivity contribution < 1.29 is 14.3 Å². The van der Waals surface area contributed by atoms with E-state index in [1.165, 1.54) is 12.1 Å². The zero-order chi connectivity index (χ0) is 14.5. The van der Waals surface area contributed by atoms with Crippen molar-refractivity contribution in [3.8, 4) is 17.3 Å². The van der Waals surface area contributed by atoms with Crippen LogP contribution in [0.15, 0.2) is 41.4 Å². The Balaban J connectivity index is 2.36.